The number of aromatic nitrogens is 1. The number of hydrogen-bond acceptors (Lipinski definition) is 1. The predicted molar refractivity (Wildman–Crippen MR) is 141 cm³/mol. The summed E-state index contributed by atoms with van der Waals surface area (Å²) in [4.78, 5) is 11.8. The first-order valence-corrected chi connectivity index (χ1v) is 13.0. The molecule has 168 valence electrons. The third-order valence-corrected chi connectivity index (χ3v) is 7.59. The van der Waals surface area contributed by atoms with Crippen LogP contribution in [0.25, 0.3) is 22.2 Å². The molecule has 0 aliphatic heterocycles. The molecular weight excluding hydrogens is 542 g/mol. The highest BCUT2D eigenvalue weighted by Gasteiger charge is 2.27. The summed E-state index contributed by atoms with van der Waals surface area (Å²) in [5.41, 5.74) is 6.25. The fourth-order valence-electron chi connectivity index (χ4n) is 5.27. The van der Waals surface area contributed by atoms with E-state index >= 15 is 0 Å². The molecule has 0 radical (unpaired) electrons. The van der Waals surface area contributed by atoms with Gasteiger partial charge in [-0.1, -0.05) is 87.5 Å². The Balaban J connectivity index is 1.81. The normalized spacial score (nSPS) is 14.6. The number of benzene rings is 3. The van der Waals surface area contributed by atoms with Crippen molar-refractivity contribution in [3.63, 3.8) is 0 Å². The van der Waals surface area contributed by atoms with E-state index < -0.39 is 5.97 Å². The molecule has 1 aromatic heterocycles. The lowest BCUT2D eigenvalue weighted by atomic mass is 9.82. The Labute approximate surface area is 210 Å². The molecule has 1 aliphatic carbocycles. The number of fused-ring (bicyclic) bond motifs is 1. The molecule has 1 heterocycles. The molecule has 3 aromatic carbocycles. The molecule has 5 rings (SSSR count). The summed E-state index contributed by atoms with van der Waals surface area (Å²) in [6, 6.07) is 22.5. The lowest BCUT2D eigenvalue weighted by Gasteiger charge is -2.24. The molecule has 0 saturated heterocycles. The Bertz CT molecular complexity index is 1300. The van der Waals surface area contributed by atoms with Crippen LogP contribution < -0.4 is 0 Å². The predicted octanol–water partition coefficient (Wildman–Crippen LogP) is 8.63. The molecule has 0 atom stereocenters. The molecule has 1 aliphatic rings. The average molecular weight is 567 g/mol. The van der Waals surface area contributed by atoms with E-state index in [1.54, 1.807) is 6.07 Å². The fraction of sp³-hybridized carbons (Fsp3) is 0.250. The molecule has 3 nitrogen and oxygen atoms in total. The van der Waals surface area contributed by atoms with Crippen LogP contribution in [0.2, 0.25) is 0 Å². The van der Waals surface area contributed by atoms with Gasteiger partial charge >= 0.3 is 5.97 Å². The van der Waals surface area contributed by atoms with Crippen molar-refractivity contribution in [3.05, 3.63) is 92.4 Å². The summed E-state index contributed by atoms with van der Waals surface area (Å²) >= 11 is 7.24. The second kappa shape index (κ2) is 9.47. The molecule has 5 heteroatoms. The molecule has 1 N–H and O–H groups in total. The molecule has 0 amide bonds. The van der Waals surface area contributed by atoms with Crippen LogP contribution in [-0.4, -0.2) is 15.6 Å². The van der Waals surface area contributed by atoms with Crippen LogP contribution in [0.15, 0.2) is 75.7 Å². The van der Waals surface area contributed by atoms with E-state index in [9.17, 15) is 9.90 Å². The van der Waals surface area contributed by atoms with E-state index in [1.165, 1.54) is 54.3 Å². The molecule has 1 fully saturated rings. The van der Waals surface area contributed by atoms with E-state index in [2.05, 4.69) is 72.8 Å². The molecule has 0 bridgehead atoms. The van der Waals surface area contributed by atoms with Crippen molar-refractivity contribution >= 4 is 48.7 Å². The summed E-state index contributed by atoms with van der Waals surface area (Å²) in [5.74, 6) is -0.405. The number of nitrogens with zero attached hydrogens (tertiary/aromatic N) is 1. The maximum atomic E-state index is 11.8. The van der Waals surface area contributed by atoms with E-state index in [4.69, 9.17) is 0 Å². The summed E-state index contributed by atoms with van der Waals surface area (Å²) in [6.07, 6.45) is 6.16. The van der Waals surface area contributed by atoms with Gasteiger partial charge < -0.3 is 9.67 Å². The Kier molecular flexibility index (Phi) is 6.44. The minimum absolute atomic E-state index is 0.325. The van der Waals surface area contributed by atoms with E-state index in [0.717, 1.165) is 20.0 Å². The van der Waals surface area contributed by atoms with Crippen LogP contribution >= 0.6 is 31.9 Å². The first-order valence-electron chi connectivity index (χ1n) is 11.4. The molecule has 0 unspecified atom stereocenters. The first-order chi connectivity index (χ1) is 16.0. The third-order valence-electron chi connectivity index (χ3n) is 6.67. The van der Waals surface area contributed by atoms with Crippen molar-refractivity contribution in [1.82, 2.24) is 4.57 Å². The van der Waals surface area contributed by atoms with Crippen molar-refractivity contribution < 1.29 is 9.90 Å². The zero-order valence-electron chi connectivity index (χ0n) is 18.2. The molecular formula is C28H25Br2NO2. The van der Waals surface area contributed by atoms with Gasteiger partial charge in [0, 0.05) is 26.4 Å². The van der Waals surface area contributed by atoms with Crippen LogP contribution in [0.4, 0.5) is 0 Å². The number of carboxylic acids is 1. The maximum Gasteiger partial charge on any atom is 0.335 e. The quantitative estimate of drug-likeness (QED) is 0.262. The third kappa shape index (κ3) is 4.53. The van der Waals surface area contributed by atoms with Crippen LogP contribution in [0, 0.1) is 0 Å². The smallest absolute Gasteiger partial charge is 0.335 e. The monoisotopic (exact) mass is 565 g/mol. The van der Waals surface area contributed by atoms with Crippen LogP contribution in [0.1, 0.15) is 59.5 Å². The lowest BCUT2D eigenvalue weighted by Crippen LogP contribution is -2.08. The molecule has 1 saturated carbocycles. The largest absolute Gasteiger partial charge is 0.478 e. The summed E-state index contributed by atoms with van der Waals surface area (Å²) in [5, 5.41) is 10.9. The van der Waals surface area contributed by atoms with Gasteiger partial charge in [-0.3, -0.25) is 0 Å². The second-order valence-electron chi connectivity index (χ2n) is 8.86. The Morgan fingerprint density at radius 3 is 2.27 bits per heavy atom. The molecule has 33 heavy (non-hydrogen) atoms. The number of aromatic carboxylic acids is 1. The topological polar surface area (TPSA) is 42.2 Å². The zero-order chi connectivity index (χ0) is 22.9. The first kappa shape index (κ1) is 22.4. The standard InChI is InChI=1S/C28H25Br2NO2/c29-22-13-18(14-23(30)16-22)17-31-25-15-21(28(32)33)11-12-24(25)26(19-7-3-1-4-8-19)27(31)20-9-5-2-6-10-20/h2,5-6,9-16,19H,1,3-4,7-8,17H2,(H,32,33). The minimum atomic E-state index is -0.893. The van der Waals surface area contributed by atoms with Crippen molar-refractivity contribution in [3.8, 4) is 11.3 Å². The summed E-state index contributed by atoms with van der Waals surface area (Å²) < 4.78 is 4.36. The Morgan fingerprint density at radius 1 is 0.909 bits per heavy atom. The number of halogens is 2. The summed E-state index contributed by atoms with van der Waals surface area (Å²) in [6.45, 7) is 0.661. The second-order valence-corrected chi connectivity index (χ2v) is 10.7. The van der Waals surface area contributed by atoms with Gasteiger partial charge in [-0.2, -0.15) is 0 Å². The van der Waals surface area contributed by atoms with Crippen molar-refractivity contribution in [1.29, 1.82) is 0 Å². The summed E-state index contributed by atoms with van der Waals surface area (Å²) in [7, 11) is 0. The van der Waals surface area contributed by atoms with Crippen LogP contribution in [0.3, 0.4) is 0 Å². The van der Waals surface area contributed by atoms with Crippen LogP contribution in [-0.2, 0) is 6.54 Å². The molecule has 4 aromatic rings. The van der Waals surface area contributed by atoms with Gasteiger partial charge in [-0.25, -0.2) is 4.79 Å². The van der Waals surface area contributed by atoms with Gasteiger partial charge in [0.2, 0.25) is 0 Å². The van der Waals surface area contributed by atoms with Crippen molar-refractivity contribution in [2.75, 3.05) is 0 Å². The van der Waals surface area contributed by atoms with Gasteiger partial charge in [0.25, 0.3) is 0 Å². The van der Waals surface area contributed by atoms with Gasteiger partial charge in [0.1, 0.15) is 0 Å². The minimum Gasteiger partial charge on any atom is -0.478 e. The van der Waals surface area contributed by atoms with Crippen LogP contribution in [0.5, 0.6) is 0 Å². The lowest BCUT2D eigenvalue weighted by molar-refractivity contribution is 0.0697. The van der Waals surface area contributed by atoms with Crippen molar-refractivity contribution in [2.45, 2.75) is 44.6 Å². The van der Waals surface area contributed by atoms with Gasteiger partial charge in [-0.05, 0) is 65.8 Å². The number of hydrogen-bond donors (Lipinski definition) is 1. The Morgan fingerprint density at radius 2 is 1.61 bits per heavy atom. The van der Waals surface area contributed by atoms with Gasteiger partial charge in [-0.15, -0.1) is 0 Å². The Hall–Kier alpha value is -2.37. The van der Waals surface area contributed by atoms with Gasteiger partial charge in [0.05, 0.1) is 11.3 Å². The fourth-order valence-corrected chi connectivity index (χ4v) is 6.66. The van der Waals surface area contributed by atoms with E-state index in [0.29, 0.717) is 18.0 Å². The van der Waals surface area contributed by atoms with Crippen molar-refractivity contribution in [2.24, 2.45) is 0 Å². The average Bonchev–Trinajstić information content (AvgIpc) is 3.13. The molecule has 0 spiro atoms. The highest BCUT2D eigenvalue weighted by atomic mass is 79.9. The SMILES string of the molecule is O=C(O)c1ccc2c(C3CCCCC3)c(-c3ccccc3)n(Cc3cc(Br)cc(Br)c3)c2c1. The highest BCUT2D eigenvalue weighted by Crippen LogP contribution is 2.44. The zero-order valence-corrected chi connectivity index (χ0v) is 21.4. The number of carbonyl (C=O) groups is 1. The van der Waals surface area contributed by atoms with E-state index in [1.807, 2.05) is 24.3 Å². The number of carboxylic acid groups (broad SMARTS) is 1. The highest BCUT2D eigenvalue weighted by molar-refractivity contribution is 9.11. The number of rotatable bonds is 5. The van der Waals surface area contributed by atoms with Gasteiger partial charge in [0.15, 0.2) is 0 Å². The maximum absolute atomic E-state index is 11.8. The van der Waals surface area contributed by atoms with E-state index in [-0.39, 0.29) is 0 Å².